The third-order valence-electron chi connectivity index (χ3n) is 5.02. The maximum atomic E-state index is 12.9. The first-order valence-corrected chi connectivity index (χ1v) is 10.8. The van der Waals surface area contributed by atoms with Gasteiger partial charge in [0.25, 0.3) is 0 Å². The molecule has 1 saturated heterocycles. The number of hydrogen-bond donors (Lipinski definition) is 1. The van der Waals surface area contributed by atoms with Gasteiger partial charge < -0.3 is 10.2 Å². The average Bonchev–Trinajstić information content (AvgIpc) is 3.36. The molecule has 4 heterocycles. The molecule has 0 bridgehead atoms. The van der Waals surface area contributed by atoms with Crippen LogP contribution in [0.2, 0.25) is 0 Å². The van der Waals surface area contributed by atoms with E-state index in [0.29, 0.717) is 11.6 Å². The van der Waals surface area contributed by atoms with E-state index in [1.807, 2.05) is 49.3 Å². The molecule has 1 aliphatic heterocycles. The molecule has 4 rings (SSSR count). The summed E-state index contributed by atoms with van der Waals surface area (Å²) in [6.07, 6.45) is 6.97. The van der Waals surface area contributed by atoms with Crippen molar-refractivity contribution in [3.63, 3.8) is 0 Å². The number of rotatable bonds is 5. The summed E-state index contributed by atoms with van der Waals surface area (Å²) in [6.45, 7) is 6.54. The summed E-state index contributed by atoms with van der Waals surface area (Å²) in [5.74, 6) is 2.10. The van der Waals surface area contributed by atoms with Gasteiger partial charge in [0.2, 0.25) is 5.91 Å². The van der Waals surface area contributed by atoms with Gasteiger partial charge in [-0.15, -0.1) is 11.3 Å². The summed E-state index contributed by atoms with van der Waals surface area (Å²) < 4.78 is 0. The molecule has 7 nitrogen and oxygen atoms in total. The predicted molar refractivity (Wildman–Crippen MR) is 119 cm³/mol. The first-order chi connectivity index (χ1) is 14.5. The number of carbonyl (C=O) groups excluding carboxylic acids is 1. The monoisotopic (exact) mass is 420 g/mol. The highest BCUT2D eigenvalue weighted by Gasteiger charge is 2.30. The van der Waals surface area contributed by atoms with Gasteiger partial charge in [0, 0.05) is 30.3 Å². The SMILES string of the molecule is Cc1nc(Nc2ncccc2C)cc([C@H]2CCCN2C(=O)/C=C/c2csc(C)n2)n1. The van der Waals surface area contributed by atoms with Crippen molar-refractivity contribution in [3.8, 4) is 0 Å². The van der Waals surface area contributed by atoms with Crippen molar-refractivity contribution in [1.29, 1.82) is 0 Å². The Hall–Kier alpha value is -3.13. The average molecular weight is 421 g/mol. The fourth-order valence-electron chi connectivity index (χ4n) is 3.61. The van der Waals surface area contributed by atoms with Crippen LogP contribution in [-0.4, -0.2) is 37.3 Å². The zero-order chi connectivity index (χ0) is 21.1. The largest absolute Gasteiger partial charge is 0.331 e. The van der Waals surface area contributed by atoms with Crippen LogP contribution < -0.4 is 5.32 Å². The fourth-order valence-corrected chi connectivity index (χ4v) is 4.19. The van der Waals surface area contributed by atoms with Crippen LogP contribution >= 0.6 is 11.3 Å². The molecule has 30 heavy (non-hydrogen) atoms. The second-order valence-corrected chi connectivity index (χ2v) is 8.40. The highest BCUT2D eigenvalue weighted by Crippen LogP contribution is 2.32. The first-order valence-electron chi connectivity index (χ1n) is 9.94. The van der Waals surface area contributed by atoms with E-state index in [-0.39, 0.29) is 11.9 Å². The standard InChI is InChI=1S/C22H24N6OS/c1-14-6-4-10-23-22(14)27-20-12-18(24-15(2)25-20)19-7-5-11-28(19)21(29)9-8-17-13-30-16(3)26-17/h4,6,8-10,12-13,19H,5,7,11H2,1-3H3,(H,23,24,25,27)/b9-8+/t19-/m1/s1. The molecule has 1 aliphatic rings. The lowest BCUT2D eigenvalue weighted by Crippen LogP contribution is -2.29. The molecule has 1 N–H and O–H groups in total. The Morgan fingerprint density at radius 1 is 1.27 bits per heavy atom. The van der Waals surface area contributed by atoms with E-state index in [9.17, 15) is 4.79 Å². The first kappa shape index (κ1) is 20.2. The zero-order valence-corrected chi connectivity index (χ0v) is 18.1. The summed E-state index contributed by atoms with van der Waals surface area (Å²) in [7, 11) is 0. The normalized spacial score (nSPS) is 16.4. The molecule has 1 fully saturated rings. The number of thiazole rings is 1. The number of hydrogen-bond acceptors (Lipinski definition) is 7. The van der Waals surface area contributed by atoms with E-state index < -0.39 is 0 Å². The van der Waals surface area contributed by atoms with Crippen LogP contribution in [0.4, 0.5) is 11.6 Å². The number of nitrogens with zero attached hydrogens (tertiary/aromatic N) is 5. The number of pyridine rings is 1. The molecule has 0 aromatic carbocycles. The molecule has 0 saturated carbocycles. The Labute approximate surface area is 179 Å². The lowest BCUT2D eigenvalue weighted by atomic mass is 10.1. The minimum Gasteiger partial charge on any atom is -0.331 e. The third kappa shape index (κ3) is 4.54. The summed E-state index contributed by atoms with van der Waals surface area (Å²) in [5.41, 5.74) is 2.70. The molecule has 154 valence electrons. The molecule has 1 amide bonds. The minimum atomic E-state index is -0.0635. The number of aromatic nitrogens is 4. The quantitative estimate of drug-likeness (QED) is 0.617. The summed E-state index contributed by atoms with van der Waals surface area (Å²) in [5, 5.41) is 6.22. The summed E-state index contributed by atoms with van der Waals surface area (Å²) >= 11 is 1.57. The second-order valence-electron chi connectivity index (χ2n) is 7.33. The topological polar surface area (TPSA) is 83.9 Å². The maximum Gasteiger partial charge on any atom is 0.247 e. The molecule has 0 aliphatic carbocycles. The molecule has 3 aromatic rings. The van der Waals surface area contributed by atoms with Gasteiger partial charge in [0.05, 0.1) is 22.4 Å². The number of likely N-dealkylation sites (tertiary alicyclic amines) is 1. The van der Waals surface area contributed by atoms with E-state index in [1.54, 1.807) is 29.7 Å². The zero-order valence-electron chi connectivity index (χ0n) is 17.3. The van der Waals surface area contributed by atoms with Gasteiger partial charge in [0.15, 0.2) is 0 Å². The number of amides is 1. The van der Waals surface area contributed by atoms with Crippen LogP contribution in [0.25, 0.3) is 6.08 Å². The number of anilines is 2. The van der Waals surface area contributed by atoms with Crippen LogP contribution in [0, 0.1) is 20.8 Å². The molecule has 1 atom stereocenters. The highest BCUT2D eigenvalue weighted by molar-refractivity contribution is 7.09. The molecule has 0 radical (unpaired) electrons. The molecule has 3 aromatic heterocycles. The smallest absolute Gasteiger partial charge is 0.247 e. The van der Waals surface area contributed by atoms with E-state index in [2.05, 4.69) is 25.3 Å². The Kier molecular flexibility index (Phi) is 5.85. The third-order valence-corrected chi connectivity index (χ3v) is 5.82. The van der Waals surface area contributed by atoms with Gasteiger partial charge in [-0.25, -0.2) is 19.9 Å². The number of carbonyl (C=O) groups is 1. The Morgan fingerprint density at radius 3 is 2.90 bits per heavy atom. The van der Waals surface area contributed by atoms with Crippen molar-refractivity contribution < 1.29 is 4.79 Å². The van der Waals surface area contributed by atoms with Crippen molar-refractivity contribution in [2.24, 2.45) is 0 Å². The van der Waals surface area contributed by atoms with Crippen molar-refractivity contribution in [2.45, 2.75) is 39.7 Å². The molecule has 0 unspecified atom stereocenters. The van der Waals surface area contributed by atoms with E-state index >= 15 is 0 Å². The van der Waals surface area contributed by atoms with Crippen molar-refractivity contribution >= 4 is 35.0 Å². The van der Waals surface area contributed by atoms with Crippen LogP contribution in [0.5, 0.6) is 0 Å². The van der Waals surface area contributed by atoms with Gasteiger partial charge in [-0.05, 0) is 51.3 Å². The van der Waals surface area contributed by atoms with E-state index in [0.717, 1.165) is 47.2 Å². The molecular weight excluding hydrogens is 396 g/mol. The van der Waals surface area contributed by atoms with Crippen LogP contribution in [-0.2, 0) is 4.79 Å². The van der Waals surface area contributed by atoms with Crippen LogP contribution in [0.15, 0.2) is 35.9 Å². The van der Waals surface area contributed by atoms with E-state index in [4.69, 9.17) is 0 Å². The van der Waals surface area contributed by atoms with Gasteiger partial charge in [-0.3, -0.25) is 4.79 Å². The van der Waals surface area contributed by atoms with Crippen molar-refractivity contribution in [3.05, 3.63) is 63.6 Å². The lowest BCUT2D eigenvalue weighted by Gasteiger charge is -2.23. The molecular formula is C22H24N6OS. The predicted octanol–water partition coefficient (Wildman–Crippen LogP) is 4.37. The Bertz CT molecular complexity index is 1090. The summed E-state index contributed by atoms with van der Waals surface area (Å²) in [4.78, 5) is 32.6. The number of nitrogens with one attached hydrogen (secondary N) is 1. The van der Waals surface area contributed by atoms with Gasteiger partial charge in [-0.2, -0.15) is 0 Å². The molecule has 8 heteroatoms. The molecule has 0 spiro atoms. The van der Waals surface area contributed by atoms with E-state index in [1.165, 1.54) is 0 Å². The number of aryl methyl sites for hydroxylation is 3. The summed E-state index contributed by atoms with van der Waals surface area (Å²) in [6, 6.07) is 5.76. The van der Waals surface area contributed by atoms with Crippen molar-refractivity contribution in [2.75, 3.05) is 11.9 Å². The lowest BCUT2D eigenvalue weighted by molar-refractivity contribution is -0.126. The highest BCUT2D eigenvalue weighted by atomic mass is 32.1. The fraction of sp³-hybridized carbons (Fsp3) is 0.318. The van der Waals surface area contributed by atoms with Gasteiger partial charge in [-0.1, -0.05) is 6.07 Å². The van der Waals surface area contributed by atoms with Crippen LogP contribution in [0.3, 0.4) is 0 Å². The van der Waals surface area contributed by atoms with Gasteiger partial charge >= 0.3 is 0 Å². The van der Waals surface area contributed by atoms with Crippen molar-refractivity contribution in [1.82, 2.24) is 24.8 Å². The Balaban J connectivity index is 1.55. The second kappa shape index (κ2) is 8.71. The van der Waals surface area contributed by atoms with Crippen LogP contribution in [0.1, 0.15) is 46.7 Å². The van der Waals surface area contributed by atoms with Gasteiger partial charge in [0.1, 0.15) is 17.5 Å². The Morgan fingerprint density at radius 2 is 2.13 bits per heavy atom. The maximum absolute atomic E-state index is 12.9. The minimum absolute atomic E-state index is 0.0190.